The van der Waals surface area contributed by atoms with E-state index in [1.807, 2.05) is 0 Å². The summed E-state index contributed by atoms with van der Waals surface area (Å²) in [4.78, 5) is 41.0. The number of halogens is 4. The predicted molar refractivity (Wildman–Crippen MR) is 169 cm³/mol. The molecule has 4 aromatic rings. The fourth-order valence-corrected chi connectivity index (χ4v) is 5.92. The van der Waals surface area contributed by atoms with E-state index in [9.17, 15) is 22.8 Å². The number of carbonyl (C=O) groups excluding carboxylic acids is 2. The van der Waals surface area contributed by atoms with Gasteiger partial charge in [0.1, 0.15) is 28.4 Å². The van der Waals surface area contributed by atoms with Gasteiger partial charge in [-0.2, -0.15) is 9.97 Å². The Morgan fingerprint density at radius 3 is 2.19 bits per heavy atom. The van der Waals surface area contributed by atoms with Crippen LogP contribution in [0, 0.1) is 11.6 Å². The van der Waals surface area contributed by atoms with Crippen LogP contribution in [0.4, 0.5) is 38.1 Å². The number of aromatic nitrogens is 3. The Labute approximate surface area is 271 Å². The van der Waals surface area contributed by atoms with Crippen molar-refractivity contribution in [2.24, 2.45) is 0 Å². The van der Waals surface area contributed by atoms with Crippen LogP contribution >= 0.6 is 11.3 Å². The average Bonchev–Trinajstić information content (AvgIpc) is 3.39. The maximum absolute atomic E-state index is 16.6. The van der Waals surface area contributed by atoms with Gasteiger partial charge in [-0.15, -0.1) is 0 Å². The Kier molecular flexibility index (Phi) is 9.10. The Balaban J connectivity index is 1.60. The first-order chi connectivity index (χ1) is 22.0. The van der Waals surface area contributed by atoms with Crippen molar-refractivity contribution in [3.63, 3.8) is 0 Å². The maximum atomic E-state index is 16.6. The fourth-order valence-electron chi connectivity index (χ4n) is 5.04. The highest BCUT2D eigenvalue weighted by atomic mass is 32.1. The van der Waals surface area contributed by atoms with E-state index in [1.165, 1.54) is 12.0 Å². The van der Waals surface area contributed by atoms with Gasteiger partial charge in [-0.05, 0) is 59.7 Å². The molecule has 2 aromatic carbocycles. The number of rotatable bonds is 5. The summed E-state index contributed by atoms with van der Waals surface area (Å²) >= 11 is 0.746. The molecule has 0 saturated carbocycles. The number of methoxy groups -OCH3 is 1. The summed E-state index contributed by atoms with van der Waals surface area (Å²) in [7, 11) is 1.29. The Morgan fingerprint density at radius 1 is 0.936 bits per heavy atom. The van der Waals surface area contributed by atoms with Crippen molar-refractivity contribution in [2.45, 2.75) is 59.2 Å². The standard InChI is InChI=1S/C31H34F4N6O5S/c1-30(2,3)45-28(42)39-27-37-22-15(8-9-18(32)23(22)47-27)19-16(24(34)35)14-17-21(20(19)33)36-26(44-7)38-25(17)40-10-12-41(13-11-40)29(43)46-31(4,5)6/h8-9,14,24H,10-13H2,1-7H3,(H,37,39,42). The molecule has 252 valence electrons. The van der Waals surface area contributed by atoms with E-state index in [-0.39, 0.29) is 69.8 Å². The number of ether oxygens (including phenoxy) is 3. The van der Waals surface area contributed by atoms with Crippen LogP contribution in [-0.2, 0) is 9.47 Å². The van der Waals surface area contributed by atoms with Gasteiger partial charge in [0, 0.05) is 48.3 Å². The average molecular weight is 679 g/mol. The number of benzene rings is 2. The lowest BCUT2D eigenvalue weighted by Gasteiger charge is -2.36. The highest BCUT2D eigenvalue weighted by Crippen LogP contribution is 2.44. The lowest BCUT2D eigenvalue weighted by Crippen LogP contribution is -2.50. The predicted octanol–water partition coefficient (Wildman–Crippen LogP) is 7.54. The molecule has 16 heteroatoms. The molecule has 1 saturated heterocycles. The molecular formula is C31H34F4N6O5S. The third-order valence-electron chi connectivity index (χ3n) is 6.94. The van der Waals surface area contributed by atoms with Gasteiger partial charge in [-0.1, -0.05) is 11.3 Å². The zero-order valence-corrected chi connectivity index (χ0v) is 27.7. The molecule has 1 fully saturated rings. The van der Waals surface area contributed by atoms with Gasteiger partial charge in [-0.3, -0.25) is 5.32 Å². The van der Waals surface area contributed by atoms with Crippen molar-refractivity contribution in [2.75, 3.05) is 43.5 Å². The van der Waals surface area contributed by atoms with Crippen LogP contribution in [0.3, 0.4) is 0 Å². The minimum atomic E-state index is -3.17. The van der Waals surface area contributed by atoms with Gasteiger partial charge >= 0.3 is 18.2 Å². The second kappa shape index (κ2) is 12.6. The van der Waals surface area contributed by atoms with Gasteiger partial charge in [0.25, 0.3) is 6.43 Å². The van der Waals surface area contributed by atoms with Crippen molar-refractivity contribution in [1.82, 2.24) is 19.9 Å². The van der Waals surface area contributed by atoms with Crippen LogP contribution in [0.5, 0.6) is 6.01 Å². The van der Waals surface area contributed by atoms with Crippen LogP contribution in [0.1, 0.15) is 53.5 Å². The summed E-state index contributed by atoms with van der Waals surface area (Å²) in [6, 6.07) is 3.07. The molecule has 0 spiro atoms. The molecule has 3 heterocycles. The summed E-state index contributed by atoms with van der Waals surface area (Å²) in [5.74, 6) is -1.71. The van der Waals surface area contributed by atoms with Crippen molar-refractivity contribution in [3.8, 4) is 17.1 Å². The van der Waals surface area contributed by atoms with Crippen LogP contribution in [0.2, 0.25) is 0 Å². The second-order valence-corrected chi connectivity index (χ2v) is 13.8. The van der Waals surface area contributed by atoms with E-state index in [1.54, 1.807) is 46.4 Å². The molecule has 0 unspecified atom stereocenters. The Hall–Kier alpha value is -4.47. The van der Waals surface area contributed by atoms with Gasteiger partial charge in [0.05, 0.1) is 17.3 Å². The minimum Gasteiger partial charge on any atom is -0.467 e. The van der Waals surface area contributed by atoms with Crippen LogP contribution in [0.25, 0.3) is 32.2 Å². The topological polar surface area (TPSA) is 119 Å². The highest BCUT2D eigenvalue weighted by molar-refractivity contribution is 7.22. The zero-order valence-electron chi connectivity index (χ0n) is 26.8. The molecule has 5 rings (SSSR count). The molecule has 47 heavy (non-hydrogen) atoms. The monoisotopic (exact) mass is 678 g/mol. The van der Waals surface area contributed by atoms with Crippen LogP contribution < -0.4 is 15.0 Å². The van der Waals surface area contributed by atoms with Crippen molar-refractivity contribution < 1.29 is 41.4 Å². The number of fused-ring (bicyclic) bond motifs is 2. The molecule has 0 bridgehead atoms. The van der Waals surface area contributed by atoms with Crippen molar-refractivity contribution in [1.29, 1.82) is 0 Å². The van der Waals surface area contributed by atoms with Crippen LogP contribution in [0.15, 0.2) is 18.2 Å². The summed E-state index contributed by atoms with van der Waals surface area (Å²) < 4.78 is 76.9. The molecule has 0 atom stereocenters. The second-order valence-electron chi connectivity index (χ2n) is 12.8. The normalized spacial score (nSPS) is 14.2. The van der Waals surface area contributed by atoms with Crippen molar-refractivity contribution >= 4 is 55.6 Å². The third kappa shape index (κ3) is 7.26. The Morgan fingerprint density at radius 2 is 1.60 bits per heavy atom. The van der Waals surface area contributed by atoms with E-state index in [0.717, 1.165) is 29.5 Å². The molecule has 0 radical (unpaired) electrons. The SMILES string of the molecule is COc1nc(N2CCN(C(=O)OC(C)(C)C)CC2)c2cc(C(F)F)c(-c3ccc(F)c4sc(NC(=O)OC(C)(C)C)nc34)c(F)c2n1. The highest BCUT2D eigenvalue weighted by Gasteiger charge is 2.31. The van der Waals surface area contributed by atoms with E-state index in [4.69, 9.17) is 14.2 Å². The van der Waals surface area contributed by atoms with Gasteiger partial charge in [0.15, 0.2) is 10.9 Å². The molecule has 2 aromatic heterocycles. The number of alkyl halides is 2. The van der Waals surface area contributed by atoms with Gasteiger partial charge < -0.3 is 24.0 Å². The fraction of sp³-hybridized carbons (Fsp3) is 0.452. The number of carbonyl (C=O) groups is 2. The molecule has 0 aliphatic carbocycles. The molecule has 11 nitrogen and oxygen atoms in total. The van der Waals surface area contributed by atoms with E-state index < -0.39 is 52.6 Å². The van der Waals surface area contributed by atoms with E-state index in [2.05, 4.69) is 20.3 Å². The van der Waals surface area contributed by atoms with E-state index >= 15 is 4.39 Å². The first-order valence-corrected chi connectivity index (χ1v) is 15.5. The number of piperazine rings is 1. The summed E-state index contributed by atoms with van der Waals surface area (Å²) in [6.07, 6.45) is -4.51. The lowest BCUT2D eigenvalue weighted by atomic mass is 9.95. The number of hydrogen-bond donors (Lipinski definition) is 1. The summed E-state index contributed by atoms with van der Waals surface area (Å²) in [5.41, 5.74) is -3.31. The van der Waals surface area contributed by atoms with Gasteiger partial charge in [0.2, 0.25) is 0 Å². The number of nitrogens with zero attached hydrogens (tertiary/aromatic N) is 5. The molecule has 1 aliphatic heterocycles. The number of nitrogens with one attached hydrogen (secondary N) is 1. The number of hydrogen-bond acceptors (Lipinski definition) is 10. The largest absolute Gasteiger partial charge is 0.467 e. The van der Waals surface area contributed by atoms with E-state index in [0.29, 0.717) is 0 Å². The smallest absolute Gasteiger partial charge is 0.413 e. The minimum absolute atomic E-state index is 0.00279. The number of anilines is 2. The third-order valence-corrected chi connectivity index (χ3v) is 7.92. The zero-order chi connectivity index (χ0) is 34.4. The van der Waals surface area contributed by atoms with Crippen LogP contribution in [-0.4, -0.2) is 76.5 Å². The number of amides is 2. The Bertz CT molecular complexity index is 1850. The first-order valence-electron chi connectivity index (χ1n) is 14.6. The first kappa shape index (κ1) is 33.9. The number of thiazole rings is 1. The summed E-state index contributed by atoms with van der Waals surface area (Å²) in [6.45, 7) is 11.2. The summed E-state index contributed by atoms with van der Waals surface area (Å²) in [5, 5.41) is 2.34. The molecule has 2 amide bonds. The molecule has 1 N–H and O–H groups in total. The molecular weight excluding hydrogens is 644 g/mol. The molecule has 1 aliphatic rings. The maximum Gasteiger partial charge on any atom is 0.413 e. The quantitative estimate of drug-likeness (QED) is 0.214. The van der Waals surface area contributed by atoms with Gasteiger partial charge in [-0.25, -0.2) is 32.1 Å². The van der Waals surface area contributed by atoms with Crippen molar-refractivity contribution in [3.05, 3.63) is 35.4 Å². The lowest BCUT2D eigenvalue weighted by molar-refractivity contribution is 0.0240.